The Morgan fingerprint density at radius 3 is 2.43 bits per heavy atom. The molecule has 3 aromatic rings. The molecule has 0 radical (unpaired) electrons. The van der Waals surface area contributed by atoms with Gasteiger partial charge in [0.15, 0.2) is 0 Å². The summed E-state index contributed by atoms with van der Waals surface area (Å²) in [6.45, 7) is 3.17. The Morgan fingerprint density at radius 2 is 1.75 bits per heavy atom. The Labute approximate surface area is 158 Å². The minimum Gasteiger partial charge on any atom is -0.344 e. The number of aromatic nitrogens is 4. The summed E-state index contributed by atoms with van der Waals surface area (Å²) in [7, 11) is 0. The van der Waals surface area contributed by atoms with Crippen molar-refractivity contribution in [3.05, 3.63) is 71.6 Å². The van der Waals surface area contributed by atoms with Gasteiger partial charge in [0.05, 0.1) is 23.5 Å². The van der Waals surface area contributed by atoms with Crippen LogP contribution in [0.2, 0.25) is 0 Å². The second-order valence-electron chi connectivity index (χ2n) is 6.16. The van der Waals surface area contributed by atoms with Crippen molar-refractivity contribution in [3.63, 3.8) is 0 Å². The van der Waals surface area contributed by atoms with Crippen LogP contribution >= 0.6 is 0 Å². The van der Waals surface area contributed by atoms with E-state index in [1.165, 1.54) is 44.0 Å². The first-order chi connectivity index (χ1) is 13.3. The van der Waals surface area contributed by atoms with Gasteiger partial charge in [-0.15, -0.1) is 0 Å². The van der Waals surface area contributed by atoms with Crippen LogP contribution in [0.1, 0.15) is 40.1 Å². The fourth-order valence-corrected chi connectivity index (χ4v) is 2.71. The van der Waals surface area contributed by atoms with Crippen LogP contribution in [-0.4, -0.2) is 25.8 Å². The Hall–Kier alpha value is -3.36. The fraction of sp³-hybridized carbons (Fsp3) is 0.211. The topological polar surface area (TPSA) is 80.7 Å². The van der Waals surface area contributed by atoms with Gasteiger partial charge in [-0.05, 0) is 37.6 Å². The van der Waals surface area contributed by atoms with E-state index in [4.69, 9.17) is 0 Å². The van der Waals surface area contributed by atoms with E-state index in [0.717, 1.165) is 12.1 Å². The molecule has 0 fully saturated rings. The Kier molecular flexibility index (Phi) is 5.34. The second-order valence-corrected chi connectivity index (χ2v) is 6.16. The summed E-state index contributed by atoms with van der Waals surface area (Å²) in [4.78, 5) is 29.2. The average molecular weight is 387 g/mol. The summed E-state index contributed by atoms with van der Waals surface area (Å²) in [5, 5.41) is 2.67. The van der Waals surface area contributed by atoms with Gasteiger partial charge in [-0.3, -0.25) is 24.7 Å². The molecule has 3 rings (SSSR count). The van der Waals surface area contributed by atoms with E-state index in [1.807, 2.05) is 0 Å². The molecule has 2 heterocycles. The first-order valence-corrected chi connectivity index (χ1v) is 8.32. The minimum atomic E-state index is -4.53. The maximum Gasteiger partial charge on any atom is 0.416 e. The van der Waals surface area contributed by atoms with Gasteiger partial charge in [0.25, 0.3) is 5.91 Å². The molecule has 0 aliphatic rings. The highest BCUT2D eigenvalue weighted by molar-refractivity contribution is 5.95. The van der Waals surface area contributed by atoms with Crippen molar-refractivity contribution in [2.45, 2.75) is 26.1 Å². The normalized spacial score (nSPS) is 12.5. The van der Waals surface area contributed by atoms with Crippen molar-refractivity contribution in [2.75, 3.05) is 0 Å². The lowest BCUT2D eigenvalue weighted by molar-refractivity contribution is -0.137. The zero-order chi connectivity index (χ0) is 20.3. The Bertz CT molecular complexity index is 992. The highest BCUT2D eigenvalue weighted by Crippen LogP contribution is 2.31. The van der Waals surface area contributed by atoms with E-state index in [2.05, 4.69) is 25.3 Å². The first kappa shape index (κ1) is 19.4. The van der Waals surface area contributed by atoms with Crippen LogP contribution in [0.4, 0.5) is 13.2 Å². The SMILES string of the molecule is Cc1cc(C(=O)NC(C)c2nccnc2-c2cnccn2)cc(C(F)(F)F)c1. The van der Waals surface area contributed by atoms with Gasteiger partial charge in [0, 0.05) is 30.4 Å². The number of alkyl halides is 3. The van der Waals surface area contributed by atoms with Gasteiger partial charge in [-0.1, -0.05) is 0 Å². The van der Waals surface area contributed by atoms with Crippen LogP contribution < -0.4 is 5.32 Å². The molecule has 1 N–H and O–H groups in total. The van der Waals surface area contributed by atoms with Gasteiger partial charge >= 0.3 is 6.18 Å². The average Bonchev–Trinajstić information content (AvgIpc) is 2.67. The van der Waals surface area contributed by atoms with Gasteiger partial charge < -0.3 is 5.32 Å². The predicted octanol–water partition coefficient (Wildman–Crippen LogP) is 3.75. The van der Waals surface area contributed by atoms with Crippen LogP contribution in [0.15, 0.2) is 49.2 Å². The van der Waals surface area contributed by atoms with Crippen LogP contribution in [-0.2, 0) is 6.18 Å². The number of aryl methyl sites for hydroxylation is 1. The molecule has 9 heteroatoms. The van der Waals surface area contributed by atoms with Crippen molar-refractivity contribution < 1.29 is 18.0 Å². The van der Waals surface area contributed by atoms with E-state index in [-0.39, 0.29) is 5.56 Å². The number of halogens is 3. The molecule has 0 saturated heterocycles. The van der Waals surface area contributed by atoms with Crippen LogP contribution in [0.5, 0.6) is 0 Å². The molecule has 0 spiro atoms. The van der Waals surface area contributed by atoms with E-state index in [0.29, 0.717) is 22.6 Å². The minimum absolute atomic E-state index is 0.0795. The molecule has 1 aromatic carbocycles. The zero-order valence-corrected chi connectivity index (χ0v) is 15.0. The summed E-state index contributed by atoms with van der Waals surface area (Å²) in [5.74, 6) is -0.641. The van der Waals surface area contributed by atoms with Crippen LogP contribution in [0.25, 0.3) is 11.4 Å². The summed E-state index contributed by atoms with van der Waals surface area (Å²) in [5.41, 5.74) is 0.729. The summed E-state index contributed by atoms with van der Waals surface area (Å²) >= 11 is 0. The van der Waals surface area contributed by atoms with Crippen molar-refractivity contribution in [1.29, 1.82) is 0 Å². The van der Waals surface area contributed by atoms with Crippen molar-refractivity contribution in [1.82, 2.24) is 25.3 Å². The molecular weight excluding hydrogens is 371 g/mol. The number of hydrogen-bond acceptors (Lipinski definition) is 5. The molecule has 1 unspecified atom stereocenters. The van der Waals surface area contributed by atoms with Gasteiger partial charge in [-0.25, -0.2) is 0 Å². The quantitative estimate of drug-likeness (QED) is 0.737. The largest absolute Gasteiger partial charge is 0.416 e. The molecule has 1 atom stereocenters. The Balaban J connectivity index is 1.88. The highest BCUT2D eigenvalue weighted by Gasteiger charge is 2.31. The molecule has 144 valence electrons. The third kappa shape index (κ3) is 4.30. The van der Waals surface area contributed by atoms with Gasteiger partial charge in [-0.2, -0.15) is 13.2 Å². The summed E-state index contributed by atoms with van der Waals surface area (Å²) < 4.78 is 39.0. The lowest BCUT2D eigenvalue weighted by Gasteiger charge is -2.17. The molecule has 0 bridgehead atoms. The lowest BCUT2D eigenvalue weighted by atomic mass is 10.0. The number of rotatable bonds is 4. The molecular formula is C19H16F3N5O. The van der Waals surface area contributed by atoms with E-state index < -0.39 is 23.7 Å². The smallest absolute Gasteiger partial charge is 0.344 e. The van der Waals surface area contributed by atoms with Gasteiger partial charge in [0.2, 0.25) is 0 Å². The number of nitrogens with one attached hydrogen (secondary N) is 1. The number of carbonyl (C=O) groups is 1. The van der Waals surface area contributed by atoms with Crippen molar-refractivity contribution >= 4 is 5.91 Å². The molecule has 2 aromatic heterocycles. The van der Waals surface area contributed by atoms with Gasteiger partial charge in [0.1, 0.15) is 11.4 Å². The molecule has 0 aliphatic heterocycles. The second kappa shape index (κ2) is 7.71. The molecule has 28 heavy (non-hydrogen) atoms. The number of carbonyl (C=O) groups excluding carboxylic acids is 1. The number of benzene rings is 1. The highest BCUT2D eigenvalue weighted by atomic mass is 19.4. The number of amides is 1. The molecule has 6 nitrogen and oxygen atoms in total. The molecule has 0 aliphatic carbocycles. The molecule has 1 amide bonds. The molecule has 0 saturated carbocycles. The monoisotopic (exact) mass is 387 g/mol. The zero-order valence-electron chi connectivity index (χ0n) is 15.0. The lowest BCUT2D eigenvalue weighted by Crippen LogP contribution is -2.28. The third-order valence-corrected chi connectivity index (χ3v) is 3.96. The maximum absolute atomic E-state index is 13.0. The fourth-order valence-electron chi connectivity index (χ4n) is 2.71. The first-order valence-electron chi connectivity index (χ1n) is 8.32. The van der Waals surface area contributed by atoms with Crippen LogP contribution in [0, 0.1) is 6.92 Å². The predicted molar refractivity (Wildman–Crippen MR) is 95.1 cm³/mol. The standard InChI is InChI=1S/C19H16F3N5O/c1-11-7-13(9-14(8-11)19(20,21)22)18(28)27-12(2)16-17(26-6-5-25-16)15-10-23-3-4-24-15/h3-10,12H,1-2H3,(H,27,28). The van der Waals surface area contributed by atoms with Crippen molar-refractivity contribution in [2.24, 2.45) is 0 Å². The number of nitrogens with zero attached hydrogens (tertiary/aromatic N) is 4. The summed E-state index contributed by atoms with van der Waals surface area (Å²) in [6.07, 6.45) is 2.95. The number of hydrogen-bond donors (Lipinski definition) is 1. The van der Waals surface area contributed by atoms with E-state index in [1.54, 1.807) is 6.92 Å². The summed E-state index contributed by atoms with van der Waals surface area (Å²) in [6, 6.07) is 2.61. The maximum atomic E-state index is 13.0. The van der Waals surface area contributed by atoms with E-state index >= 15 is 0 Å². The Morgan fingerprint density at radius 1 is 1.04 bits per heavy atom. The van der Waals surface area contributed by atoms with E-state index in [9.17, 15) is 18.0 Å². The third-order valence-electron chi connectivity index (χ3n) is 3.96. The van der Waals surface area contributed by atoms with Crippen molar-refractivity contribution in [3.8, 4) is 11.4 Å². The van der Waals surface area contributed by atoms with Crippen LogP contribution in [0.3, 0.4) is 0 Å².